The first-order valence-electron chi connectivity index (χ1n) is 7.00. The van der Waals surface area contributed by atoms with Crippen molar-refractivity contribution in [1.29, 1.82) is 0 Å². The number of nitrogens with zero attached hydrogens (tertiary/aromatic N) is 2. The maximum atomic E-state index is 11.8. The summed E-state index contributed by atoms with van der Waals surface area (Å²) in [6.07, 6.45) is 0.957. The molecule has 7 heteroatoms. The van der Waals surface area contributed by atoms with Gasteiger partial charge in [-0.25, -0.2) is 0 Å². The molecule has 0 saturated heterocycles. The predicted molar refractivity (Wildman–Crippen MR) is 84.7 cm³/mol. The van der Waals surface area contributed by atoms with Gasteiger partial charge in [0.2, 0.25) is 5.91 Å². The topological polar surface area (TPSA) is 74.6 Å². The Morgan fingerprint density at radius 3 is 2.71 bits per heavy atom. The van der Waals surface area contributed by atoms with E-state index in [1.54, 1.807) is 11.5 Å². The minimum Gasteiger partial charge on any atom is -0.387 e. The van der Waals surface area contributed by atoms with Crippen LogP contribution in [0.25, 0.3) is 0 Å². The van der Waals surface area contributed by atoms with E-state index in [0.717, 1.165) is 5.69 Å². The highest BCUT2D eigenvalue weighted by Crippen LogP contribution is 2.04. The van der Waals surface area contributed by atoms with Crippen LogP contribution in [0.15, 0.2) is 10.2 Å². The molecule has 1 aromatic rings. The van der Waals surface area contributed by atoms with E-state index in [1.165, 1.54) is 11.3 Å². The number of hydrogen-bond acceptors (Lipinski definition) is 5. The van der Waals surface area contributed by atoms with E-state index in [9.17, 15) is 14.7 Å². The fourth-order valence-electron chi connectivity index (χ4n) is 2.19. The highest BCUT2D eigenvalue weighted by atomic mass is 32.1. The van der Waals surface area contributed by atoms with Crippen LogP contribution >= 0.6 is 11.3 Å². The molecule has 120 valence electrons. The van der Waals surface area contributed by atoms with Crippen molar-refractivity contribution in [2.45, 2.75) is 38.8 Å². The van der Waals surface area contributed by atoms with Crippen molar-refractivity contribution in [2.24, 2.45) is 0 Å². The third-order valence-corrected chi connectivity index (χ3v) is 3.97. The van der Waals surface area contributed by atoms with Crippen molar-refractivity contribution in [3.63, 3.8) is 0 Å². The fourth-order valence-corrected chi connectivity index (χ4v) is 2.95. The van der Waals surface area contributed by atoms with Gasteiger partial charge < -0.3 is 19.9 Å². The number of carbonyl (C=O) groups is 1. The molecule has 0 radical (unpaired) electrons. The number of likely N-dealkylation sites (N-methyl/N-ethyl adjacent to an activating group) is 1. The van der Waals surface area contributed by atoms with Crippen LogP contribution in [0.3, 0.4) is 0 Å². The fraction of sp³-hybridized carbons (Fsp3) is 0.714. The Kier molecular flexibility index (Phi) is 6.57. The molecule has 1 aromatic heterocycles. The molecule has 1 unspecified atom stereocenters. The maximum Gasteiger partial charge on any atom is 0.307 e. The molecular weight excluding hydrogens is 290 g/mol. The summed E-state index contributed by atoms with van der Waals surface area (Å²) in [5.41, 5.74) is -0.0145. The summed E-state index contributed by atoms with van der Waals surface area (Å²) in [4.78, 5) is 25.2. The number of amides is 1. The Bertz CT molecular complexity index is 520. The summed E-state index contributed by atoms with van der Waals surface area (Å²) in [6, 6.07) is 0. The van der Waals surface area contributed by atoms with Gasteiger partial charge in [0.05, 0.1) is 5.60 Å². The van der Waals surface area contributed by atoms with Gasteiger partial charge in [-0.1, -0.05) is 11.3 Å². The van der Waals surface area contributed by atoms with Crippen molar-refractivity contribution < 1.29 is 9.90 Å². The molecule has 0 aliphatic heterocycles. The van der Waals surface area contributed by atoms with E-state index >= 15 is 0 Å². The van der Waals surface area contributed by atoms with Gasteiger partial charge in [0.25, 0.3) is 0 Å². The quantitative estimate of drug-likeness (QED) is 0.729. The molecule has 1 rings (SSSR count). The molecule has 1 amide bonds. The minimum absolute atomic E-state index is 0.0156. The summed E-state index contributed by atoms with van der Waals surface area (Å²) in [6.45, 7) is 4.84. The molecule has 0 spiro atoms. The minimum atomic E-state index is -0.944. The third kappa shape index (κ3) is 6.41. The molecule has 6 nitrogen and oxygen atoms in total. The second-order valence-electron chi connectivity index (χ2n) is 5.91. The van der Waals surface area contributed by atoms with Gasteiger partial charge in [0, 0.05) is 37.1 Å². The number of thiazole rings is 1. The first-order chi connectivity index (χ1) is 9.71. The van der Waals surface area contributed by atoms with Crippen molar-refractivity contribution in [1.82, 2.24) is 14.8 Å². The van der Waals surface area contributed by atoms with Crippen LogP contribution in [-0.4, -0.2) is 53.3 Å². The highest BCUT2D eigenvalue weighted by Gasteiger charge is 2.21. The zero-order valence-corrected chi connectivity index (χ0v) is 14.0. The molecule has 1 heterocycles. The second-order valence-corrected chi connectivity index (χ2v) is 6.73. The number of aliphatic hydroxyl groups is 1. The van der Waals surface area contributed by atoms with E-state index in [4.69, 9.17) is 0 Å². The summed E-state index contributed by atoms with van der Waals surface area (Å²) in [5.74, 6) is -0.102. The van der Waals surface area contributed by atoms with Crippen molar-refractivity contribution >= 4 is 17.2 Å². The number of rotatable bonds is 8. The molecule has 0 aliphatic rings. The molecule has 0 saturated carbocycles. The van der Waals surface area contributed by atoms with Crippen LogP contribution in [0.5, 0.6) is 0 Å². The summed E-state index contributed by atoms with van der Waals surface area (Å²) >= 11 is 1.18. The van der Waals surface area contributed by atoms with Gasteiger partial charge in [-0.3, -0.25) is 9.59 Å². The normalized spacial score (nSPS) is 14.2. The molecule has 2 N–H and O–H groups in total. The van der Waals surface area contributed by atoms with Crippen LogP contribution in [0, 0.1) is 6.92 Å². The number of aromatic nitrogens is 1. The number of aryl methyl sites for hydroxylation is 1. The Morgan fingerprint density at radius 1 is 1.52 bits per heavy atom. The van der Waals surface area contributed by atoms with E-state index in [2.05, 4.69) is 5.32 Å². The monoisotopic (exact) mass is 315 g/mol. The average Bonchev–Trinajstić information content (AvgIpc) is 2.66. The third-order valence-electron chi connectivity index (χ3n) is 3.09. The van der Waals surface area contributed by atoms with Gasteiger partial charge in [0.1, 0.15) is 0 Å². The van der Waals surface area contributed by atoms with Crippen LogP contribution in [-0.2, 0) is 11.3 Å². The Labute approximate surface area is 129 Å². The highest BCUT2D eigenvalue weighted by molar-refractivity contribution is 7.07. The Hall–Kier alpha value is -1.18. The summed E-state index contributed by atoms with van der Waals surface area (Å²) < 4.78 is 1.68. The smallest absolute Gasteiger partial charge is 0.307 e. The molecule has 0 aliphatic carbocycles. The number of carbonyl (C=O) groups excluding carboxylic acids is 1. The molecule has 21 heavy (non-hydrogen) atoms. The number of hydrogen-bond donors (Lipinski definition) is 2. The van der Waals surface area contributed by atoms with E-state index in [1.807, 2.05) is 31.3 Å². The maximum absolute atomic E-state index is 11.8. The van der Waals surface area contributed by atoms with Crippen molar-refractivity contribution in [3.8, 4) is 0 Å². The standard InChI is InChI=1S/C14H25N3O3S/c1-11-8-21-13(19)17(11)7-5-6-12(18)15-9-14(2,20)10-16(3)4/h8,20H,5-7,9-10H2,1-4H3,(H,15,18). The van der Waals surface area contributed by atoms with Gasteiger partial charge in [-0.05, 0) is 34.4 Å². The zero-order valence-electron chi connectivity index (χ0n) is 13.2. The lowest BCUT2D eigenvalue weighted by Gasteiger charge is -2.27. The Morgan fingerprint density at radius 2 is 2.19 bits per heavy atom. The molecular formula is C14H25N3O3S. The molecule has 0 bridgehead atoms. The van der Waals surface area contributed by atoms with Gasteiger partial charge in [0.15, 0.2) is 0 Å². The lowest BCUT2D eigenvalue weighted by molar-refractivity contribution is -0.122. The molecule has 0 fully saturated rings. The van der Waals surface area contributed by atoms with Crippen LogP contribution in [0.4, 0.5) is 0 Å². The second kappa shape index (κ2) is 7.72. The van der Waals surface area contributed by atoms with Gasteiger partial charge in [-0.15, -0.1) is 0 Å². The largest absolute Gasteiger partial charge is 0.387 e. The SMILES string of the molecule is Cc1csc(=O)n1CCCC(=O)NCC(C)(O)CN(C)C. The summed E-state index contributed by atoms with van der Waals surface area (Å²) in [7, 11) is 3.74. The van der Waals surface area contributed by atoms with Crippen molar-refractivity contribution in [3.05, 3.63) is 20.7 Å². The van der Waals surface area contributed by atoms with E-state index in [-0.39, 0.29) is 17.3 Å². The van der Waals surface area contributed by atoms with Crippen LogP contribution < -0.4 is 10.2 Å². The first-order valence-corrected chi connectivity index (χ1v) is 7.88. The first kappa shape index (κ1) is 17.9. The molecule has 0 aromatic carbocycles. The average molecular weight is 315 g/mol. The van der Waals surface area contributed by atoms with Crippen LogP contribution in [0.1, 0.15) is 25.5 Å². The van der Waals surface area contributed by atoms with Gasteiger partial charge >= 0.3 is 4.87 Å². The van der Waals surface area contributed by atoms with E-state index < -0.39 is 5.60 Å². The lowest BCUT2D eigenvalue weighted by atomic mass is 10.1. The number of nitrogens with one attached hydrogen (secondary N) is 1. The predicted octanol–water partition coefficient (Wildman–Crippen LogP) is 0.427. The molecule has 1 atom stereocenters. The van der Waals surface area contributed by atoms with Crippen LogP contribution in [0.2, 0.25) is 0 Å². The Balaban J connectivity index is 2.30. The van der Waals surface area contributed by atoms with Crippen molar-refractivity contribution in [2.75, 3.05) is 27.2 Å². The van der Waals surface area contributed by atoms with E-state index in [0.29, 0.717) is 25.9 Å². The lowest BCUT2D eigenvalue weighted by Crippen LogP contribution is -2.47. The summed E-state index contributed by atoms with van der Waals surface area (Å²) in [5, 5.41) is 14.6. The van der Waals surface area contributed by atoms with Gasteiger partial charge in [-0.2, -0.15) is 0 Å². The zero-order chi connectivity index (χ0) is 16.0.